The number of imidazole rings is 1. The summed E-state index contributed by atoms with van der Waals surface area (Å²) in [4.78, 5) is 38.1. The zero-order chi connectivity index (χ0) is 46.7. The second-order valence-electron chi connectivity index (χ2n) is 16.2. The topological polar surface area (TPSA) is 194 Å². The lowest BCUT2D eigenvalue weighted by Crippen LogP contribution is -2.43. The molecule has 5 aromatic rings. The molecule has 6 rings (SSSR count). The van der Waals surface area contributed by atoms with Crippen LogP contribution in [0.5, 0.6) is 11.5 Å². The summed E-state index contributed by atoms with van der Waals surface area (Å²) in [7, 11) is 2.96. The van der Waals surface area contributed by atoms with E-state index in [0.29, 0.717) is 11.5 Å². The summed E-state index contributed by atoms with van der Waals surface area (Å²) in [6.07, 6.45) is -2.08. The molecular weight excluding hydrogens is 854 g/mol. The molecule has 1 aliphatic rings. The first kappa shape index (κ1) is 49.2. The van der Waals surface area contributed by atoms with Crippen molar-refractivity contribution in [3.63, 3.8) is 0 Å². The third-order valence-corrected chi connectivity index (χ3v) is 13.0. The van der Waals surface area contributed by atoms with Crippen LogP contribution in [-0.2, 0) is 38.4 Å². The number of hydrogen-bond donors (Lipinski definition) is 2. The van der Waals surface area contributed by atoms with Crippen molar-refractivity contribution in [1.29, 1.82) is 5.26 Å². The highest BCUT2D eigenvalue weighted by Gasteiger charge is 2.52. The Hall–Kier alpha value is -5.28. The fourth-order valence-corrected chi connectivity index (χ4v) is 9.50. The van der Waals surface area contributed by atoms with E-state index in [0.717, 1.165) is 16.7 Å². The Morgan fingerprint density at radius 1 is 0.892 bits per heavy atom. The average molecular weight is 914 g/mol. The maximum atomic E-state index is 13.5. The van der Waals surface area contributed by atoms with Crippen molar-refractivity contribution in [1.82, 2.24) is 24.2 Å². The van der Waals surface area contributed by atoms with Gasteiger partial charge in [0.05, 0.1) is 59.5 Å². The zero-order valence-electron chi connectivity index (χ0n) is 38.4. The second kappa shape index (κ2) is 22.8. The van der Waals surface area contributed by atoms with Crippen LogP contribution in [-0.4, -0.2) is 108 Å². The van der Waals surface area contributed by atoms with Crippen LogP contribution in [0.1, 0.15) is 70.9 Å². The molecule has 1 saturated heterocycles. The number of nitrogens with one attached hydrogen (secondary N) is 2. The van der Waals surface area contributed by atoms with Crippen LogP contribution in [0, 0.1) is 17.2 Å². The van der Waals surface area contributed by atoms with Crippen LogP contribution in [0.25, 0.3) is 11.2 Å². The molecule has 0 aliphatic carbocycles. The Morgan fingerprint density at radius 2 is 1.51 bits per heavy atom. The smallest absolute Gasteiger partial charge is 0.280 e. The number of rotatable bonds is 23. The number of carbonyl (C=O) groups is 1. The molecule has 1 aliphatic heterocycles. The first-order valence-electron chi connectivity index (χ1n) is 21.6. The molecule has 1 fully saturated rings. The first-order chi connectivity index (χ1) is 31.4. The molecule has 0 saturated carbocycles. The second-order valence-corrected chi connectivity index (χ2v) is 17.6. The zero-order valence-corrected chi connectivity index (χ0v) is 39.3. The lowest BCUT2D eigenvalue weighted by molar-refractivity contribution is -0.118. The largest absolute Gasteiger partial charge is 0.497 e. The molecule has 65 heavy (non-hydrogen) atoms. The molecule has 2 aromatic heterocycles. The van der Waals surface area contributed by atoms with Crippen LogP contribution in [0.3, 0.4) is 0 Å². The fourth-order valence-electron chi connectivity index (χ4n) is 7.76. The number of aromatic nitrogens is 4. The van der Waals surface area contributed by atoms with Gasteiger partial charge in [0.2, 0.25) is 11.9 Å². The number of hydrogen-bond acceptors (Lipinski definition) is 14. The molecule has 348 valence electrons. The standard InChI is InChI=1S/C47H60N7O10P/c1-30(2)43(55)51-46-50-42-39(44(56)52-46)49-29-53(42)45-41(64-65(62-25-13-24-48)54(31(3)4)32(5)6)40(60-27-26-57-7)38(63-45)28-61-47(33-14-11-10-12-15-33,34-16-20-36(58-8)21-17-34)35-18-22-37(59-9)23-19-35/h10-12,14-23,29-32,38,40-41,45H,13,25-28H2,1-9H3,(H2,50,51,52,55,56)/t38-,40?,41+,45-,65?/m1/s1. The number of aromatic amines is 1. The molecule has 3 heterocycles. The molecule has 5 atom stereocenters. The van der Waals surface area contributed by atoms with Gasteiger partial charge in [-0.15, -0.1) is 0 Å². The van der Waals surface area contributed by atoms with Gasteiger partial charge < -0.3 is 37.5 Å². The predicted octanol–water partition coefficient (Wildman–Crippen LogP) is 7.33. The quantitative estimate of drug-likeness (QED) is 0.0376. The number of nitrogens with zero attached hydrogens (tertiary/aromatic N) is 5. The number of nitriles is 1. The molecule has 0 radical (unpaired) electrons. The van der Waals surface area contributed by atoms with E-state index >= 15 is 0 Å². The van der Waals surface area contributed by atoms with Crippen LogP contribution >= 0.6 is 8.53 Å². The van der Waals surface area contributed by atoms with Gasteiger partial charge in [-0.25, -0.2) is 9.65 Å². The fraction of sp³-hybridized carbons (Fsp3) is 0.468. The van der Waals surface area contributed by atoms with Gasteiger partial charge in [0, 0.05) is 25.1 Å². The number of amides is 1. The number of anilines is 1. The maximum absolute atomic E-state index is 13.5. The Labute approximate surface area is 381 Å². The SMILES string of the molecule is COCCOC1[C@@H](COC(c2ccccc2)(c2ccc(OC)cc2)c2ccc(OC)cc2)O[C@@H](n2cnc3c(=O)[nH]c(NC(=O)C(C)C)nc32)[C@H]1OP(OCCC#N)N(C(C)C)C(C)C. The van der Waals surface area contributed by atoms with E-state index in [1.807, 2.05) is 107 Å². The molecular formula is C47H60N7O10P. The Bertz CT molecular complexity index is 2330. The number of ether oxygens (including phenoxy) is 6. The summed E-state index contributed by atoms with van der Waals surface area (Å²) >= 11 is 0. The highest BCUT2D eigenvalue weighted by atomic mass is 31.2. The van der Waals surface area contributed by atoms with E-state index in [9.17, 15) is 14.9 Å². The molecule has 2 N–H and O–H groups in total. The minimum Gasteiger partial charge on any atom is -0.497 e. The summed E-state index contributed by atoms with van der Waals surface area (Å²) in [5.74, 6) is 0.587. The normalized spacial score (nSPS) is 18.2. The van der Waals surface area contributed by atoms with Gasteiger partial charge in [-0.05, 0) is 68.7 Å². The van der Waals surface area contributed by atoms with Crippen molar-refractivity contribution in [2.24, 2.45) is 5.92 Å². The van der Waals surface area contributed by atoms with E-state index in [1.165, 1.54) is 6.33 Å². The number of H-pyrrole nitrogens is 1. The molecule has 18 heteroatoms. The number of carbonyl (C=O) groups excluding carboxylic acids is 1. The van der Waals surface area contributed by atoms with E-state index in [2.05, 4.69) is 31.0 Å². The predicted molar refractivity (Wildman–Crippen MR) is 245 cm³/mol. The van der Waals surface area contributed by atoms with Crippen molar-refractivity contribution >= 4 is 31.5 Å². The lowest BCUT2D eigenvalue weighted by atomic mass is 9.80. The van der Waals surface area contributed by atoms with E-state index in [1.54, 1.807) is 39.7 Å². The summed E-state index contributed by atoms with van der Waals surface area (Å²) < 4.78 is 55.1. The summed E-state index contributed by atoms with van der Waals surface area (Å²) in [5.41, 5.74) is 0.850. The third kappa shape index (κ3) is 11.2. The van der Waals surface area contributed by atoms with Crippen LogP contribution in [0.15, 0.2) is 90.0 Å². The third-order valence-electron chi connectivity index (χ3n) is 10.9. The highest BCUT2D eigenvalue weighted by molar-refractivity contribution is 7.44. The van der Waals surface area contributed by atoms with Crippen molar-refractivity contribution in [3.05, 3.63) is 112 Å². The summed E-state index contributed by atoms with van der Waals surface area (Å²) in [6, 6.07) is 27.5. The van der Waals surface area contributed by atoms with Gasteiger partial charge in [0.25, 0.3) is 14.1 Å². The van der Waals surface area contributed by atoms with Crippen LogP contribution in [0.2, 0.25) is 0 Å². The maximum Gasteiger partial charge on any atom is 0.280 e. The van der Waals surface area contributed by atoms with Gasteiger partial charge in [-0.2, -0.15) is 10.2 Å². The van der Waals surface area contributed by atoms with Gasteiger partial charge in [-0.1, -0.05) is 68.4 Å². The Morgan fingerprint density at radius 3 is 2.06 bits per heavy atom. The minimum absolute atomic E-state index is 0.0204. The van der Waals surface area contributed by atoms with Gasteiger partial charge >= 0.3 is 0 Å². The lowest BCUT2D eigenvalue weighted by Gasteiger charge is -2.38. The van der Waals surface area contributed by atoms with E-state index < -0.39 is 44.2 Å². The minimum atomic E-state index is -1.87. The molecule has 0 spiro atoms. The molecule has 2 unspecified atom stereocenters. The molecule has 1 amide bonds. The van der Waals surface area contributed by atoms with Gasteiger partial charge in [0.15, 0.2) is 17.4 Å². The van der Waals surface area contributed by atoms with Gasteiger partial charge in [-0.3, -0.25) is 24.5 Å². The van der Waals surface area contributed by atoms with Crippen molar-refractivity contribution in [3.8, 4) is 17.6 Å². The summed E-state index contributed by atoms with van der Waals surface area (Å²) in [5, 5.41) is 12.2. The summed E-state index contributed by atoms with van der Waals surface area (Å²) in [6.45, 7) is 12.1. The number of methoxy groups -OCH3 is 3. The van der Waals surface area contributed by atoms with Crippen molar-refractivity contribution in [2.45, 2.75) is 90.2 Å². The highest BCUT2D eigenvalue weighted by Crippen LogP contribution is 2.52. The Balaban J connectivity index is 1.52. The van der Waals surface area contributed by atoms with Gasteiger partial charge in [0.1, 0.15) is 35.4 Å². The van der Waals surface area contributed by atoms with Crippen LogP contribution in [0.4, 0.5) is 5.95 Å². The Kier molecular flexibility index (Phi) is 17.2. The molecule has 17 nitrogen and oxygen atoms in total. The van der Waals surface area contributed by atoms with E-state index in [-0.39, 0.29) is 73.9 Å². The molecule has 3 aromatic carbocycles. The van der Waals surface area contributed by atoms with Crippen LogP contribution < -0.4 is 20.3 Å². The van der Waals surface area contributed by atoms with E-state index in [4.69, 9.17) is 37.5 Å². The monoisotopic (exact) mass is 913 g/mol. The number of fused-ring (bicyclic) bond motifs is 1. The molecule has 0 bridgehead atoms. The average Bonchev–Trinajstić information content (AvgIpc) is 3.88. The van der Waals surface area contributed by atoms with Crippen molar-refractivity contribution < 1.29 is 42.3 Å². The number of benzene rings is 3. The first-order valence-corrected chi connectivity index (χ1v) is 22.8. The van der Waals surface area contributed by atoms with Crippen molar-refractivity contribution in [2.75, 3.05) is 53.1 Å².